The van der Waals surface area contributed by atoms with Crippen molar-refractivity contribution in [2.24, 2.45) is 7.05 Å². The van der Waals surface area contributed by atoms with Crippen molar-refractivity contribution in [3.05, 3.63) is 18.2 Å². The molecule has 0 radical (unpaired) electrons. The van der Waals surface area contributed by atoms with Crippen molar-refractivity contribution in [1.29, 1.82) is 5.26 Å². The minimum atomic E-state index is -6.00. The summed E-state index contributed by atoms with van der Waals surface area (Å²) in [5.41, 5.74) is 0. The van der Waals surface area contributed by atoms with Gasteiger partial charge in [0.05, 0.1) is 13.6 Å². The number of nitriles is 1. The number of nitrogens with zero attached hydrogens (tertiary/aromatic N) is 3. The van der Waals surface area contributed by atoms with Crippen molar-refractivity contribution in [1.82, 2.24) is 4.57 Å². The highest BCUT2D eigenvalue weighted by atomic mass is 19.5. The maximum Gasteiger partial charge on any atom is 0.673 e. The molecule has 1 aromatic rings. The van der Waals surface area contributed by atoms with Gasteiger partial charge < -0.3 is 17.3 Å². The zero-order valence-electron chi connectivity index (χ0n) is 8.29. The molecule has 84 valence electrons. The van der Waals surface area contributed by atoms with Crippen LogP contribution in [0.4, 0.5) is 17.3 Å². The maximum absolute atomic E-state index is 9.75. The number of hydrogen-bond acceptors (Lipinski definition) is 1. The van der Waals surface area contributed by atoms with Crippen LogP contribution >= 0.6 is 0 Å². The summed E-state index contributed by atoms with van der Waals surface area (Å²) < 4.78 is 42.7. The van der Waals surface area contributed by atoms with Crippen molar-refractivity contribution in [2.45, 2.75) is 13.5 Å². The highest BCUT2D eigenvalue weighted by Crippen LogP contribution is 2.06. The summed E-state index contributed by atoms with van der Waals surface area (Å²) >= 11 is 0. The molecule has 3 nitrogen and oxygen atoms in total. The Morgan fingerprint density at radius 3 is 2.20 bits per heavy atom. The van der Waals surface area contributed by atoms with E-state index in [4.69, 9.17) is 5.26 Å². The molecule has 0 aliphatic rings. The predicted octanol–water partition coefficient (Wildman–Crippen LogP) is 1.50. The number of imidazole rings is 1. The van der Waals surface area contributed by atoms with Crippen LogP contribution in [-0.2, 0) is 13.6 Å². The van der Waals surface area contributed by atoms with Gasteiger partial charge in [-0.1, -0.05) is 0 Å². The molecule has 0 saturated carbocycles. The first kappa shape index (κ1) is 13.5. The first-order valence-electron chi connectivity index (χ1n) is 4.11. The quantitative estimate of drug-likeness (QED) is 0.403. The highest BCUT2D eigenvalue weighted by molar-refractivity contribution is 6.50. The van der Waals surface area contributed by atoms with Gasteiger partial charge in [-0.2, -0.15) is 5.26 Å². The average Bonchev–Trinajstić information content (AvgIpc) is 2.43. The van der Waals surface area contributed by atoms with Gasteiger partial charge in [-0.25, -0.2) is 9.13 Å². The van der Waals surface area contributed by atoms with Crippen LogP contribution < -0.4 is 4.57 Å². The molecule has 1 rings (SSSR count). The molecule has 1 heterocycles. The number of rotatable bonds is 1. The van der Waals surface area contributed by atoms with E-state index in [2.05, 4.69) is 6.07 Å². The van der Waals surface area contributed by atoms with Crippen molar-refractivity contribution in [3.63, 3.8) is 0 Å². The van der Waals surface area contributed by atoms with E-state index in [9.17, 15) is 17.3 Å². The summed E-state index contributed by atoms with van der Waals surface area (Å²) in [6.45, 7) is 2.87. The smallest absolute Gasteiger partial charge is 0.418 e. The minimum Gasteiger partial charge on any atom is -0.418 e. The topological polar surface area (TPSA) is 32.6 Å². The van der Waals surface area contributed by atoms with Crippen molar-refractivity contribution >= 4 is 7.25 Å². The third-order valence-corrected chi connectivity index (χ3v) is 1.52. The molecule has 0 aliphatic carbocycles. The van der Waals surface area contributed by atoms with E-state index in [-0.39, 0.29) is 0 Å². The van der Waals surface area contributed by atoms with Gasteiger partial charge in [0.2, 0.25) is 0 Å². The molecule has 0 aliphatic heterocycles. The lowest BCUT2D eigenvalue weighted by Gasteiger charge is -1.94. The Bertz CT molecular complexity index is 346. The lowest BCUT2D eigenvalue weighted by atomic mass is 10.3. The van der Waals surface area contributed by atoms with Crippen molar-refractivity contribution < 1.29 is 21.8 Å². The molecule has 0 atom stereocenters. The van der Waals surface area contributed by atoms with Crippen LogP contribution in [0.3, 0.4) is 0 Å². The van der Waals surface area contributed by atoms with Crippen molar-refractivity contribution in [2.75, 3.05) is 0 Å². The molecule has 15 heavy (non-hydrogen) atoms. The summed E-state index contributed by atoms with van der Waals surface area (Å²) in [6, 6.07) is 2.12. The van der Waals surface area contributed by atoms with Gasteiger partial charge in [0.25, 0.3) is 0 Å². The molecule has 0 fully saturated rings. The highest BCUT2D eigenvalue weighted by Gasteiger charge is 2.20. The second-order valence-electron chi connectivity index (χ2n) is 2.63. The molecule has 0 spiro atoms. The summed E-state index contributed by atoms with van der Waals surface area (Å²) in [4.78, 5) is 0. The Morgan fingerprint density at radius 2 is 1.93 bits per heavy atom. The fraction of sp³-hybridized carbons (Fsp3) is 0.429. The van der Waals surface area contributed by atoms with Gasteiger partial charge in [-0.05, 0) is 6.92 Å². The van der Waals surface area contributed by atoms with Gasteiger partial charge in [0.15, 0.2) is 6.07 Å². The molecule has 0 unspecified atom stereocenters. The fourth-order valence-electron chi connectivity index (χ4n) is 0.923. The van der Waals surface area contributed by atoms with Crippen LogP contribution in [0.1, 0.15) is 12.7 Å². The van der Waals surface area contributed by atoms with Crippen LogP contribution in [0.15, 0.2) is 12.4 Å². The standard InChI is InChI=1S/C7H10N3.BF4/c1-3-10-5-4-9(2)7(10)6-8;2-1(3,4)5/h4-5H,3H2,1-2H3;/q+1;-1. The Morgan fingerprint density at radius 1 is 1.47 bits per heavy atom. The summed E-state index contributed by atoms with van der Waals surface area (Å²) in [5.74, 6) is 0.697. The first-order valence-corrected chi connectivity index (χ1v) is 4.11. The Hall–Kier alpha value is -1.52. The number of aromatic nitrogens is 2. The molecule has 0 bridgehead atoms. The largest absolute Gasteiger partial charge is 0.673 e. The molecule has 8 heteroatoms. The Labute approximate surface area is 84.7 Å². The van der Waals surface area contributed by atoms with Crippen LogP contribution in [0.25, 0.3) is 0 Å². The molecular weight excluding hydrogens is 213 g/mol. The lowest BCUT2D eigenvalue weighted by Crippen LogP contribution is -2.30. The molecule has 0 N–H and O–H groups in total. The van der Waals surface area contributed by atoms with Crippen LogP contribution in [-0.4, -0.2) is 11.8 Å². The Kier molecular flexibility index (Phi) is 4.84. The van der Waals surface area contributed by atoms with Gasteiger partial charge in [0.1, 0.15) is 12.4 Å². The van der Waals surface area contributed by atoms with Gasteiger partial charge in [-0.15, -0.1) is 0 Å². The van der Waals surface area contributed by atoms with E-state index in [1.165, 1.54) is 0 Å². The summed E-state index contributed by atoms with van der Waals surface area (Å²) in [7, 11) is -4.13. The first-order chi connectivity index (χ1) is 6.79. The molecule has 0 saturated heterocycles. The second-order valence-corrected chi connectivity index (χ2v) is 2.63. The maximum atomic E-state index is 9.75. The monoisotopic (exact) mass is 223 g/mol. The zero-order chi connectivity index (χ0) is 12.1. The van der Waals surface area contributed by atoms with E-state index in [0.29, 0.717) is 5.82 Å². The predicted molar refractivity (Wildman–Crippen MR) is 46.2 cm³/mol. The lowest BCUT2D eigenvalue weighted by molar-refractivity contribution is -0.673. The van der Waals surface area contributed by atoms with Crippen molar-refractivity contribution in [3.8, 4) is 6.07 Å². The van der Waals surface area contributed by atoms with Gasteiger partial charge in [-0.3, -0.25) is 0 Å². The van der Waals surface area contributed by atoms with Crippen LogP contribution in [0, 0.1) is 11.3 Å². The normalized spacial score (nSPS) is 10.2. The third kappa shape index (κ3) is 5.72. The van der Waals surface area contributed by atoms with E-state index in [1.807, 2.05) is 35.5 Å². The summed E-state index contributed by atoms with van der Waals surface area (Å²) in [5, 5.41) is 8.63. The Balaban J connectivity index is 0.000000336. The van der Waals surface area contributed by atoms with Crippen LogP contribution in [0.5, 0.6) is 0 Å². The van der Waals surface area contributed by atoms with Gasteiger partial charge in [0, 0.05) is 0 Å². The van der Waals surface area contributed by atoms with E-state index >= 15 is 0 Å². The summed E-state index contributed by atoms with van der Waals surface area (Å²) in [6.07, 6.45) is 3.78. The zero-order valence-corrected chi connectivity index (χ0v) is 8.29. The van der Waals surface area contributed by atoms with Gasteiger partial charge >= 0.3 is 13.1 Å². The number of halogens is 4. The minimum absolute atomic E-state index is 0.697. The molecule has 0 aromatic carbocycles. The molecular formula is C7H10BF4N3. The van der Waals surface area contributed by atoms with E-state index < -0.39 is 7.25 Å². The third-order valence-electron chi connectivity index (χ3n) is 1.52. The number of hydrogen-bond donors (Lipinski definition) is 0. The molecule has 1 aromatic heterocycles. The van der Waals surface area contributed by atoms with Crippen LogP contribution in [0.2, 0.25) is 0 Å². The molecule has 0 amide bonds. The van der Waals surface area contributed by atoms with E-state index in [1.54, 1.807) is 0 Å². The number of aryl methyl sites for hydroxylation is 2. The average molecular weight is 223 g/mol. The van der Waals surface area contributed by atoms with E-state index in [0.717, 1.165) is 6.54 Å². The second kappa shape index (κ2) is 5.39. The SMILES string of the molecule is CCn1cc[n+](C)c1C#N.F[B-](F)(F)F. The fourth-order valence-corrected chi connectivity index (χ4v) is 0.923.